The Kier molecular flexibility index (Phi) is 4.27. The molecule has 5 nitrogen and oxygen atoms in total. The van der Waals surface area contributed by atoms with Crippen LogP contribution >= 0.6 is 22.9 Å². The zero-order valence-corrected chi connectivity index (χ0v) is 12.4. The predicted molar refractivity (Wildman–Crippen MR) is 77.9 cm³/mol. The third kappa shape index (κ3) is 3.09. The standard InChI is InChI=1S/C13H12ClNO4S/c1-7-3-4-9(14)11(5-7)19-13-10(15(17)18)6-12(20-13)8(2)16/h3-6,8,16H,1-2H3/t8-/m0/s1. The number of hydrogen-bond donors (Lipinski definition) is 1. The summed E-state index contributed by atoms with van der Waals surface area (Å²) in [7, 11) is 0. The summed E-state index contributed by atoms with van der Waals surface area (Å²) in [4.78, 5) is 10.9. The highest BCUT2D eigenvalue weighted by Crippen LogP contribution is 2.43. The highest BCUT2D eigenvalue weighted by Gasteiger charge is 2.23. The van der Waals surface area contributed by atoms with Gasteiger partial charge in [-0.25, -0.2) is 0 Å². The number of nitro groups is 1. The van der Waals surface area contributed by atoms with E-state index in [4.69, 9.17) is 16.3 Å². The van der Waals surface area contributed by atoms with Crippen LogP contribution < -0.4 is 4.74 Å². The summed E-state index contributed by atoms with van der Waals surface area (Å²) in [6, 6.07) is 6.50. The predicted octanol–water partition coefficient (Wildman–Crippen LogP) is 4.46. The molecule has 1 aromatic heterocycles. The van der Waals surface area contributed by atoms with Crippen LogP contribution in [0.1, 0.15) is 23.5 Å². The molecule has 2 aromatic rings. The van der Waals surface area contributed by atoms with Crippen molar-refractivity contribution in [3.8, 4) is 10.8 Å². The molecule has 0 aliphatic rings. The molecule has 0 unspecified atom stereocenters. The Hall–Kier alpha value is -1.63. The Morgan fingerprint density at radius 2 is 2.15 bits per heavy atom. The Morgan fingerprint density at radius 3 is 2.75 bits per heavy atom. The number of benzene rings is 1. The maximum absolute atomic E-state index is 11.0. The largest absolute Gasteiger partial charge is 0.438 e. The zero-order valence-electron chi connectivity index (χ0n) is 10.8. The number of aliphatic hydroxyl groups is 1. The molecule has 0 spiro atoms. The summed E-state index contributed by atoms with van der Waals surface area (Å²) in [6.07, 6.45) is -0.788. The van der Waals surface area contributed by atoms with Gasteiger partial charge in [-0.1, -0.05) is 29.0 Å². The van der Waals surface area contributed by atoms with Crippen LogP contribution in [0.2, 0.25) is 5.02 Å². The number of ether oxygens (including phenoxy) is 1. The van der Waals surface area contributed by atoms with Gasteiger partial charge < -0.3 is 9.84 Å². The summed E-state index contributed by atoms with van der Waals surface area (Å²) >= 11 is 7.04. The Bertz CT molecular complexity index is 654. The second kappa shape index (κ2) is 5.78. The van der Waals surface area contributed by atoms with Crippen molar-refractivity contribution in [1.29, 1.82) is 0 Å². The van der Waals surface area contributed by atoms with Gasteiger partial charge in [0.1, 0.15) is 5.75 Å². The summed E-state index contributed by atoms with van der Waals surface area (Å²) in [5.41, 5.74) is 0.753. The Morgan fingerprint density at radius 1 is 1.45 bits per heavy atom. The van der Waals surface area contributed by atoms with Gasteiger partial charge in [-0.15, -0.1) is 0 Å². The van der Waals surface area contributed by atoms with E-state index in [0.29, 0.717) is 15.6 Å². The minimum Gasteiger partial charge on any atom is -0.438 e. The lowest BCUT2D eigenvalue weighted by atomic mass is 10.2. The summed E-state index contributed by atoms with van der Waals surface area (Å²) in [6.45, 7) is 3.41. The van der Waals surface area contributed by atoms with E-state index in [0.717, 1.165) is 16.9 Å². The number of hydrogen-bond acceptors (Lipinski definition) is 5. The van der Waals surface area contributed by atoms with Gasteiger partial charge in [-0.2, -0.15) is 0 Å². The summed E-state index contributed by atoms with van der Waals surface area (Å²) in [5, 5.41) is 21.0. The molecular weight excluding hydrogens is 302 g/mol. The maximum Gasteiger partial charge on any atom is 0.323 e. The average Bonchev–Trinajstić information content (AvgIpc) is 2.78. The minimum atomic E-state index is -0.788. The lowest BCUT2D eigenvalue weighted by Gasteiger charge is -2.06. The van der Waals surface area contributed by atoms with Crippen LogP contribution in [0.5, 0.6) is 10.8 Å². The van der Waals surface area contributed by atoms with Gasteiger partial charge in [0, 0.05) is 10.9 Å². The summed E-state index contributed by atoms with van der Waals surface area (Å²) in [5.74, 6) is 0.355. The van der Waals surface area contributed by atoms with Gasteiger partial charge in [0.25, 0.3) is 5.06 Å². The molecule has 0 saturated heterocycles. The molecule has 2 rings (SSSR count). The van der Waals surface area contributed by atoms with E-state index < -0.39 is 11.0 Å². The molecule has 0 amide bonds. The molecule has 1 N–H and O–H groups in total. The lowest BCUT2D eigenvalue weighted by Crippen LogP contribution is -1.90. The van der Waals surface area contributed by atoms with Crippen LogP contribution in [-0.2, 0) is 0 Å². The van der Waals surface area contributed by atoms with Crippen molar-refractivity contribution in [3.05, 3.63) is 49.8 Å². The molecule has 106 valence electrons. The first-order valence-corrected chi connectivity index (χ1v) is 6.98. The van der Waals surface area contributed by atoms with E-state index in [9.17, 15) is 15.2 Å². The summed E-state index contributed by atoms with van der Waals surface area (Å²) < 4.78 is 5.55. The molecular formula is C13H12ClNO4S. The lowest BCUT2D eigenvalue weighted by molar-refractivity contribution is -0.385. The zero-order chi connectivity index (χ0) is 14.9. The normalized spacial score (nSPS) is 12.2. The topological polar surface area (TPSA) is 72.6 Å². The van der Waals surface area contributed by atoms with Crippen molar-refractivity contribution in [2.45, 2.75) is 20.0 Å². The molecule has 0 saturated carbocycles. The van der Waals surface area contributed by atoms with Crippen molar-refractivity contribution in [2.75, 3.05) is 0 Å². The second-order valence-electron chi connectivity index (χ2n) is 4.29. The number of thiophene rings is 1. The molecule has 0 fully saturated rings. The fourth-order valence-electron chi connectivity index (χ4n) is 1.58. The molecule has 0 aliphatic carbocycles. The van der Waals surface area contributed by atoms with E-state index in [2.05, 4.69) is 0 Å². The van der Waals surface area contributed by atoms with E-state index in [1.54, 1.807) is 19.1 Å². The van der Waals surface area contributed by atoms with Crippen molar-refractivity contribution in [3.63, 3.8) is 0 Å². The van der Waals surface area contributed by atoms with Gasteiger partial charge in [-0.05, 0) is 31.5 Å². The highest BCUT2D eigenvalue weighted by atomic mass is 35.5. The second-order valence-corrected chi connectivity index (χ2v) is 5.74. The quantitative estimate of drug-likeness (QED) is 0.668. The van der Waals surface area contributed by atoms with Crippen molar-refractivity contribution in [1.82, 2.24) is 0 Å². The van der Waals surface area contributed by atoms with E-state index in [1.165, 1.54) is 6.07 Å². The van der Waals surface area contributed by atoms with Gasteiger partial charge in [0.2, 0.25) is 0 Å². The molecule has 1 atom stereocenters. The number of aryl methyl sites for hydroxylation is 1. The number of rotatable bonds is 4. The first-order valence-electron chi connectivity index (χ1n) is 5.78. The van der Waals surface area contributed by atoms with Gasteiger partial charge in [-0.3, -0.25) is 10.1 Å². The minimum absolute atomic E-state index is 0.110. The van der Waals surface area contributed by atoms with E-state index in [1.807, 2.05) is 13.0 Å². The smallest absolute Gasteiger partial charge is 0.323 e. The fraction of sp³-hybridized carbons (Fsp3) is 0.231. The third-order valence-electron chi connectivity index (χ3n) is 2.60. The van der Waals surface area contributed by atoms with Crippen molar-refractivity contribution < 1.29 is 14.8 Å². The van der Waals surface area contributed by atoms with Crippen LogP contribution in [0, 0.1) is 17.0 Å². The first-order chi connectivity index (χ1) is 9.38. The van der Waals surface area contributed by atoms with Gasteiger partial charge in [0.15, 0.2) is 0 Å². The Labute approximate surface area is 124 Å². The van der Waals surface area contributed by atoms with Gasteiger partial charge in [0.05, 0.1) is 16.0 Å². The van der Waals surface area contributed by atoms with E-state index >= 15 is 0 Å². The first kappa shape index (κ1) is 14.8. The fourth-order valence-corrected chi connectivity index (χ4v) is 2.66. The molecule has 0 radical (unpaired) electrons. The van der Waals surface area contributed by atoms with Crippen LogP contribution in [0.4, 0.5) is 5.69 Å². The molecule has 1 aromatic carbocycles. The third-order valence-corrected chi connectivity index (χ3v) is 4.08. The molecule has 0 bridgehead atoms. The molecule has 20 heavy (non-hydrogen) atoms. The average molecular weight is 314 g/mol. The molecule has 7 heteroatoms. The molecule has 0 aliphatic heterocycles. The maximum atomic E-state index is 11.0. The monoisotopic (exact) mass is 313 g/mol. The van der Waals surface area contributed by atoms with Crippen LogP contribution in [0.25, 0.3) is 0 Å². The SMILES string of the molecule is Cc1ccc(Cl)c(Oc2sc([C@H](C)O)cc2[N+](=O)[O-])c1. The van der Waals surface area contributed by atoms with Crippen molar-refractivity contribution >= 4 is 28.6 Å². The van der Waals surface area contributed by atoms with E-state index in [-0.39, 0.29) is 10.8 Å². The van der Waals surface area contributed by atoms with Crippen LogP contribution in [-0.4, -0.2) is 10.0 Å². The van der Waals surface area contributed by atoms with Crippen LogP contribution in [0.3, 0.4) is 0 Å². The number of aliphatic hydroxyl groups excluding tert-OH is 1. The highest BCUT2D eigenvalue weighted by molar-refractivity contribution is 7.14. The van der Waals surface area contributed by atoms with Gasteiger partial charge >= 0.3 is 5.69 Å². The Balaban J connectivity index is 2.42. The number of halogens is 1. The number of nitrogens with zero attached hydrogens (tertiary/aromatic N) is 1. The molecule has 1 heterocycles. The van der Waals surface area contributed by atoms with Crippen molar-refractivity contribution in [2.24, 2.45) is 0 Å². The van der Waals surface area contributed by atoms with Crippen LogP contribution in [0.15, 0.2) is 24.3 Å².